The van der Waals surface area contributed by atoms with Crippen molar-refractivity contribution in [2.75, 3.05) is 0 Å². The Morgan fingerprint density at radius 3 is 2.68 bits per heavy atom. The molecule has 1 aliphatic rings. The molecule has 3 nitrogen and oxygen atoms in total. The van der Waals surface area contributed by atoms with Gasteiger partial charge in [0.15, 0.2) is 0 Å². The van der Waals surface area contributed by atoms with Crippen molar-refractivity contribution in [3.8, 4) is 0 Å². The van der Waals surface area contributed by atoms with Gasteiger partial charge in [0.05, 0.1) is 11.4 Å². The highest BCUT2D eigenvalue weighted by Gasteiger charge is 2.26. The van der Waals surface area contributed by atoms with Crippen molar-refractivity contribution in [3.63, 3.8) is 0 Å². The molecule has 0 fully saturated rings. The zero-order chi connectivity index (χ0) is 15.7. The lowest BCUT2D eigenvalue weighted by Crippen LogP contribution is -2.20. The minimum Gasteiger partial charge on any atom is -0.480 e. The van der Waals surface area contributed by atoms with Crippen LogP contribution in [-0.4, -0.2) is 22.0 Å². The number of carboxylic acids is 1. The molecule has 1 unspecified atom stereocenters. The summed E-state index contributed by atoms with van der Waals surface area (Å²) in [6.45, 7) is 0. The number of fused-ring (bicyclic) bond motifs is 1. The number of halogens is 2. The van der Waals surface area contributed by atoms with Gasteiger partial charge in [-0.2, -0.15) is 0 Å². The number of hydrogen-bond acceptors (Lipinski definition) is 3. The number of carboxylic acid groups (broad SMARTS) is 1. The molecule has 0 amide bonds. The maximum Gasteiger partial charge on any atom is 0.317 e. The first-order valence-electron chi connectivity index (χ1n) is 6.55. The Hall–Kier alpha value is -1.66. The van der Waals surface area contributed by atoms with E-state index < -0.39 is 11.2 Å². The summed E-state index contributed by atoms with van der Waals surface area (Å²) in [5, 5.41) is 8.79. The molecule has 0 aliphatic carbocycles. The van der Waals surface area contributed by atoms with Gasteiger partial charge < -0.3 is 5.11 Å². The Bertz CT molecular complexity index is 761. The van der Waals surface area contributed by atoms with Crippen LogP contribution < -0.4 is 0 Å². The Morgan fingerprint density at radius 1 is 1.27 bits per heavy atom. The lowest BCUT2D eigenvalue weighted by molar-refractivity contribution is -0.136. The number of thioether (sulfide) groups is 1. The van der Waals surface area contributed by atoms with Crippen molar-refractivity contribution < 1.29 is 14.3 Å². The van der Waals surface area contributed by atoms with Crippen molar-refractivity contribution in [2.45, 2.75) is 16.6 Å². The molecular formula is C16H11BrFNO2S. The predicted octanol–water partition coefficient (Wildman–Crippen LogP) is 4.66. The van der Waals surface area contributed by atoms with E-state index >= 15 is 0 Å². The summed E-state index contributed by atoms with van der Waals surface area (Å²) in [6.07, 6.45) is 0.290. The van der Waals surface area contributed by atoms with Crippen LogP contribution in [0.2, 0.25) is 0 Å². The zero-order valence-electron chi connectivity index (χ0n) is 11.3. The van der Waals surface area contributed by atoms with E-state index in [-0.39, 0.29) is 12.2 Å². The first-order valence-corrected chi connectivity index (χ1v) is 8.23. The van der Waals surface area contributed by atoms with Gasteiger partial charge in [-0.3, -0.25) is 9.79 Å². The van der Waals surface area contributed by atoms with Gasteiger partial charge in [-0.05, 0) is 35.9 Å². The highest BCUT2D eigenvalue weighted by molar-refractivity contribution is 9.10. The van der Waals surface area contributed by atoms with Gasteiger partial charge in [0.25, 0.3) is 0 Å². The molecule has 0 saturated carbocycles. The molecule has 0 bridgehead atoms. The summed E-state index contributed by atoms with van der Waals surface area (Å²) in [5.74, 6) is -1.21. The molecular weight excluding hydrogens is 369 g/mol. The molecule has 0 saturated heterocycles. The molecule has 3 rings (SSSR count). The van der Waals surface area contributed by atoms with Crippen LogP contribution >= 0.6 is 27.7 Å². The van der Waals surface area contributed by atoms with Crippen molar-refractivity contribution in [3.05, 3.63) is 58.3 Å². The van der Waals surface area contributed by atoms with Gasteiger partial charge in [-0.15, -0.1) is 11.8 Å². The lowest BCUT2D eigenvalue weighted by atomic mass is 10.1. The summed E-state index contributed by atoms with van der Waals surface area (Å²) in [6, 6.07) is 11.5. The quantitative estimate of drug-likeness (QED) is 0.825. The third-order valence-electron chi connectivity index (χ3n) is 3.28. The highest BCUT2D eigenvalue weighted by Crippen LogP contribution is 2.39. The molecule has 1 N–H and O–H groups in total. The van der Waals surface area contributed by atoms with Gasteiger partial charge in [0.2, 0.25) is 0 Å². The summed E-state index contributed by atoms with van der Waals surface area (Å²) >= 11 is 4.67. The fourth-order valence-corrected chi connectivity index (χ4v) is 3.79. The fourth-order valence-electron chi connectivity index (χ4n) is 2.20. The summed E-state index contributed by atoms with van der Waals surface area (Å²) in [4.78, 5) is 16.9. The first kappa shape index (κ1) is 15.2. The number of aliphatic imine (C=N–C) groups is 1. The molecule has 6 heteroatoms. The van der Waals surface area contributed by atoms with E-state index in [1.807, 2.05) is 18.2 Å². The normalized spacial score (nSPS) is 17.4. The average molecular weight is 380 g/mol. The van der Waals surface area contributed by atoms with Gasteiger partial charge in [0, 0.05) is 15.8 Å². The van der Waals surface area contributed by atoms with Crippen molar-refractivity contribution in [1.82, 2.24) is 0 Å². The zero-order valence-corrected chi connectivity index (χ0v) is 13.7. The minimum absolute atomic E-state index is 0.290. The van der Waals surface area contributed by atoms with Gasteiger partial charge in [0.1, 0.15) is 11.1 Å². The van der Waals surface area contributed by atoms with Crippen molar-refractivity contribution in [2.24, 2.45) is 4.99 Å². The average Bonchev–Trinajstić information content (AvgIpc) is 2.67. The smallest absolute Gasteiger partial charge is 0.317 e. The summed E-state index contributed by atoms with van der Waals surface area (Å²) in [5.41, 5.74) is 2.13. The van der Waals surface area contributed by atoms with Crippen LogP contribution in [0.4, 0.5) is 10.1 Å². The Balaban J connectivity index is 2.09. The van der Waals surface area contributed by atoms with Crippen molar-refractivity contribution >= 4 is 45.1 Å². The summed E-state index contributed by atoms with van der Waals surface area (Å²) < 4.78 is 14.0. The van der Waals surface area contributed by atoms with Gasteiger partial charge in [-0.1, -0.05) is 28.1 Å². The number of hydrogen-bond donors (Lipinski definition) is 1. The van der Waals surface area contributed by atoms with Crippen LogP contribution in [0.15, 0.2) is 56.8 Å². The van der Waals surface area contributed by atoms with E-state index in [0.29, 0.717) is 5.71 Å². The summed E-state index contributed by atoms with van der Waals surface area (Å²) in [7, 11) is 0. The molecule has 0 spiro atoms. The van der Waals surface area contributed by atoms with E-state index in [1.165, 1.54) is 23.9 Å². The monoisotopic (exact) mass is 379 g/mol. The van der Waals surface area contributed by atoms with Gasteiger partial charge in [-0.25, -0.2) is 4.39 Å². The Labute approximate surface area is 139 Å². The van der Waals surface area contributed by atoms with E-state index in [9.17, 15) is 14.3 Å². The fraction of sp³-hybridized carbons (Fsp3) is 0.125. The standard InChI is InChI=1S/C16H11BrFNO2S/c17-10-3-6-12-14(7-10)22-15(16(20)21)8-13(19-12)9-1-4-11(18)5-2-9/h1-7,15H,8H2,(H,20,21). The third-order valence-corrected chi connectivity index (χ3v) is 5.01. The Kier molecular flexibility index (Phi) is 4.31. The maximum absolute atomic E-state index is 13.1. The molecule has 2 aromatic carbocycles. The molecule has 1 atom stereocenters. The molecule has 0 aromatic heterocycles. The topological polar surface area (TPSA) is 49.7 Å². The van der Waals surface area contributed by atoms with E-state index in [2.05, 4.69) is 20.9 Å². The minimum atomic E-state index is -0.882. The first-order chi connectivity index (χ1) is 10.5. The number of benzene rings is 2. The van der Waals surface area contributed by atoms with E-state index in [1.54, 1.807) is 12.1 Å². The molecule has 1 heterocycles. The predicted molar refractivity (Wildman–Crippen MR) is 88.6 cm³/mol. The largest absolute Gasteiger partial charge is 0.480 e. The third kappa shape index (κ3) is 3.23. The molecule has 112 valence electrons. The second kappa shape index (κ2) is 6.22. The van der Waals surface area contributed by atoms with Crippen LogP contribution in [0.1, 0.15) is 12.0 Å². The number of nitrogens with zero attached hydrogens (tertiary/aromatic N) is 1. The SMILES string of the molecule is O=C(O)C1CC(c2ccc(F)cc2)=Nc2ccc(Br)cc2S1. The second-order valence-electron chi connectivity index (χ2n) is 4.83. The molecule has 0 radical (unpaired) electrons. The van der Waals surface area contributed by atoms with E-state index in [0.717, 1.165) is 20.6 Å². The lowest BCUT2D eigenvalue weighted by Gasteiger charge is -2.10. The van der Waals surface area contributed by atoms with Gasteiger partial charge >= 0.3 is 5.97 Å². The highest BCUT2D eigenvalue weighted by atomic mass is 79.9. The van der Waals surface area contributed by atoms with Crippen LogP contribution in [0.25, 0.3) is 0 Å². The van der Waals surface area contributed by atoms with E-state index in [4.69, 9.17) is 0 Å². The number of aliphatic carboxylic acids is 1. The van der Waals surface area contributed by atoms with Crippen LogP contribution in [0.3, 0.4) is 0 Å². The maximum atomic E-state index is 13.1. The molecule has 1 aliphatic heterocycles. The second-order valence-corrected chi connectivity index (χ2v) is 6.99. The molecule has 2 aromatic rings. The Morgan fingerprint density at radius 2 is 2.00 bits per heavy atom. The number of rotatable bonds is 2. The van der Waals surface area contributed by atoms with Crippen LogP contribution in [-0.2, 0) is 4.79 Å². The van der Waals surface area contributed by atoms with Crippen molar-refractivity contribution in [1.29, 1.82) is 0 Å². The number of carbonyl (C=O) groups is 1. The van der Waals surface area contributed by atoms with Crippen LogP contribution in [0.5, 0.6) is 0 Å². The molecule has 22 heavy (non-hydrogen) atoms. The van der Waals surface area contributed by atoms with Crippen LogP contribution in [0, 0.1) is 5.82 Å².